The van der Waals surface area contributed by atoms with Crippen molar-refractivity contribution < 1.29 is 0 Å². The van der Waals surface area contributed by atoms with Crippen LogP contribution in [-0.4, -0.2) is 39.8 Å². The minimum Gasteiger partial charge on any atom is -0.311 e. The monoisotopic (exact) mass is 207 g/mol. The van der Waals surface area contributed by atoms with Crippen LogP contribution in [-0.2, 0) is 13.1 Å². The molecule has 5 heteroatoms. The van der Waals surface area contributed by atoms with Crippen molar-refractivity contribution in [2.75, 3.05) is 20.1 Å². The van der Waals surface area contributed by atoms with E-state index in [9.17, 15) is 0 Å². The molecule has 3 heterocycles. The molecule has 0 aliphatic carbocycles. The number of nitrogens with one attached hydrogen (secondary N) is 1. The van der Waals surface area contributed by atoms with Crippen molar-refractivity contribution in [1.82, 2.24) is 25.0 Å². The Bertz CT molecular complexity index is 359. The molecule has 5 nitrogen and oxygen atoms in total. The maximum atomic E-state index is 4.36. The zero-order valence-corrected chi connectivity index (χ0v) is 9.11. The van der Waals surface area contributed by atoms with Gasteiger partial charge in [0.1, 0.15) is 11.6 Å². The summed E-state index contributed by atoms with van der Waals surface area (Å²) in [5, 5.41) is 11.9. The molecular formula is C10H17N5. The SMILES string of the molecule is CN1CCC[C@H]1c1nnc2n1CCNC2. The van der Waals surface area contributed by atoms with Crippen molar-refractivity contribution in [2.24, 2.45) is 0 Å². The van der Waals surface area contributed by atoms with Gasteiger partial charge in [-0.15, -0.1) is 10.2 Å². The quantitative estimate of drug-likeness (QED) is 0.712. The third-order valence-electron chi connectivity index (χ3n) is 3.47. The summed E-state index contributed by atoms with van der Waals surface area (Å²) >= 11 is 0. The molecule has 0 unspecified atom stereocenters. The fourth-order valence-corrected chi connectivity index (χ4v) is 2.60. The molecule has 1 saturated heterocycles. The summed E-state index contributed by atoms with van der Waals surface area (Å²) in [5.41, 5.74) is 0. The first-order valence-corrected chi connectivity index (χ1v) is 5.69. The molecule has 0 radical (unpaired) electrons. The third kappa shape index (κ3) is 1.46. The first-order valence-electron chi connectivity index (χ1n) is 5.69. The van der Waals surface area contributed by atoms with Crippen LogP contribution in [0, 0.1) is 0 Å². The van der Waals surface area contributed by atoms with Gasteiger partial charge in [0.2, 0.25) is 0 Å². The molecule has 1 atom stereocenters. The van der Waals surface area contributed by atoms with Crippen LogP contribution in [0.15, 0.2) is 0 Å². The number of likely N-dealkylation sites (tertiary alicyclic amines) is 1. The maximum Gasteiger partial charge on any atom is 0.150 e. The Morgan fingerprint density at radius 2 is 2.27 bits per heavy atom. The predicted molar refractivity (Wildman–Crippen MR) is 56.3 cm³/mol. The zero-order chi connectivity index (χ0) is 10.3. The summed E-state index contributed by atoms with van der Waals surface area (Å²) in [7, 11) is 2.18. The van der Waals surface area contributed by atoms with Crippen LogP contribution in [0.3, 0.4) is 0 Å². The molecule has 2 aliphatic heterocycles. The first kappa shape index (κ1) is 9.30. The summed E-state index contributed by atoms with van der Waals surface area (Å²) in [4.78, 5) is 2.39. The van der Waals surface area contributed by atoms with Gasteiger partial charge in [0.05, 0.1) is 12.6 Å². The van der Waals surface area contributed by atoms with Crippen LogP contribution in [0.5, 0.6) is 0 Å². The highest BCUT2D eigenvalue weighted by Crippen LogP contribution is 2.29. The van der Waals surface area contributed by atoms with Crippen molar-refractivity contribution in [3.63, 3.8) is 0 Å². The number of hydrogen-bond acceptors (Lipinski definition) is 4. The summed E-state index contributed by atoms with van der Waals surface area (Å²) in [6.45, 7) is 4.10. The third-order valence-corrected chi connectivity index (χ3v) is 3.47. The molecular weight excluding hydrogens is 190 g/mol. The lowest BCUT2D eigenvalue weighted by atomic mass is 10.2. The molecule has 3 rings (SSSR count). The van der Waals surface area contributed by atoms with Gasteiger partial charge in [-0.3, -0.25) is 4.90 Å². The van der Waals surface area contributed by atoms with Crippen LogP contribution < -0.4 is 5.32 Å². The fourth-order valence-electron chi connectivity index (χ4n) is 2.60. The van der Waals surface area contributed by atoms with Gasteiger partial charge in [-0.1, -0.05) is 0 Å². The van der Waals surface area contributed by atoms with E-state index in [0.29, 0.717) is 6.04 Å². The lowest BCUT2D eigenvalue weighted by molar-refractivity contribution is 0.294. The van der Waals surface area contributed by atoms with E-state index in [1.165, 1.54) is 25.2 Å². The first-order chi connectivity index (χ1) is 7.36. The second-order valence-corrected chi connectivity index (χ2v) is 4.44. The molecule has 1 aromatic heterocycles. The van der Waals surface area contributed by atoms with Gasteiger partial charge in [-0.05, 0) is 26.4 Å². The molecule has 1 fully saturated rings. The average molecular weight is 207 g/mol. The van der Waals surface area contributed by atoms with Crippen LogP contribution in [0.25, 0.3) is 0 Å². The largest absolute Gasteiger partial charge is 0.311 e. The molecule has 0 aromatic carbocycles. The van der Waals surface area contributed by atoms with E-state index in [2.05, 4.69) is 32.0 Å². The van der Waals surface area contributed by atoms with Gasteiger partial charge in [-0.25, -0.2) is 0 Å². The highest BCUT2D eigenvalue weighted by molar-refractivity contribution is 5.05. The van der Waals surface area contributed by atoms with E-state index in [0.717, 1.165) is 25.5 Å². The highest BCUT2D eigenvalue weighted by Gasteiger charge is 2.29. The van der Waals surface area contributed by atoms with Crippen LogP contribution >= 0.6 is 0 Å². The van der Waals surface area contributed by atoms with Crippen molar-refractivity contribution in [3.8, 4) is 0 Å². The molecule has 0 saturated carbocycles. The second kappa shape index (κ2) is 3.57. The Morgan fingerprint density at radius 1 is 1.33 bits per heavy atom. The van der Waals surface area contributed by atoms with Crippen LogP contribution in [0.4, 0.5) is 0 Å². The number of nitrogens with zero attached hydrogens (tertiary/aromatic N) is 4. The van der Waals surface area contributed by atoms with Gasteiger partial charge >= 0.3 is 0 Å². The standard InChI is InChI=1S/C10H17N5/c1-14-5-2-3-8(14)10-13-12-9-7-11-4-6-15(9)10/h8,11H,2-7H2,1H3/t8-/m0/s1. The Kier molecular flexibility index (Phi) is 2.21. The van der Waals surface area contributed by atoms with Gasteiger partial charge in [-0.2, -0.15) is 0 Å². The molecule has 15 heavy (non-hydrogen) atoms. The van der Waals surface area contributed by atoms with Crippen molar-refractivity contribution in [3.05, 3.63) is 11.6 Å². The molecule has 0 amide bonds. The Morgan fingerprint density at radius 3 is 3.07 bits per heavy atom. The molecule has 1 aromatic rings. The summed E-state index contributed by atoms with van der Waals surface area (Å²) in [5.74, 6) is 2.27. The van der Waals surface area contributed by atoms with Crippen molar-refractivity contribution in [1.29, 1.82) is 0 Å². The molecule has 0 bridgehead atoms. The lowest BCUT2D eigenvalue weighted by Gasteiger charge is -2.22. The van der Waals surface area contributed by atoms with E-state index in [-0.39, 0.29) is 0 Å². The molecule has 82 valence electrons. The lowest BCUT2D eigenvalue weighted by Crippen LogP contribution is -2.31. The van der Waals surface area contributed by atoms with E-state index < -0.39 is 0 Å². The Labute approximate surface area is 89.5 Å². The smallest absolute Gasteiger partial charge is 0.150 e. The summed E-state index contributed by atoms with van der Waals surface area (Å²) in [6.07, 6.45) is 2.50. The summed E-state index contributed by atoms with van der Waals surface area (Å²) in [6, 6.07) is 0.490. The van der Waals surface area contributed by atoms with Crippen molar-refractivity contribution >= 4 is 0 Å². The van der Waals surface area contributed by atoms with Crippen LogP contribution in [0.2, 0.25) is 0 Å². The number of hydrogen-bond donors (Lipinski definition) is 1. The Hall–Kier alpha value is -0.940. The Balaban J connectivity index is 1.94. The molecule has 0 spiro atoms. The molecule has 2 aliphatic rings. The topological polar surface area (TPSA) is 46.0 Å². The minimum absolute atomic E-state index is 0.490. The van der Waals surface area contributed by atoms with Gasteiger partial charge < -0.3 is 9.88 Å². The summed E-state index contributed by atoms with van der Waals surface area (Å²) < 4.78 is 2.29. The zero-order valence-electron chi connectivity index (χ0n) is 9.11. The van der Waals surface area contributed by atoms with E-state index in [1.807, 2.05) is 0 Å². The number of aromatic nitrogens is 3. The predicted octanol–water partition coefficient (Wildman–Crippen LogP) is 0.148. The highest BCUT2D eigenvalue weighted by atomic mass is 15.3. The van der Waals surface area contributed by atoms with Crippen LogP contribution in [0.1, 0.15) is 30.5 Å². The van der Waals surface area contributed by atoms with E-state index in [1.54, 1.807) is 0 Å². The fraction of sp³-hybridized carbons (Fsp3) is 0.800. The van der Waals surface area contributed by atoms with E-state index in [4.69, 9.17) is 0 Å². The minimum atomic E-state index is 0.490. The maximum absolute atomic E-state index is 4.36. The van der Waals surface area contributed by atoms with E-state index >= 15 is 0 Å². The van der Waals surface area contributed by atoms with Gasteiger partial charge in [0, 0.05) is 13.1 Å². The van der Waals surface area contributed by atoms with Gasteiger partial charge in [0.15, 0.2) is 0 Å². The second-order valence-electron chi connectivity index (χ2n) is 4.44. The van der Waals surface area contributed by atoms with Gasteiger partial charge in [0.25, 0.3) is 0 Å². The normalized spacial score (nSPS) is 26.9. The average Bonchev–Trinajstić information content (AvgIpc) is 2.83. The molecule has 1 N–H and O–H groups in total. The van der Waals surface area contributed by atoms with Crippen molar-refractivity contribution in [2.45, 2.75) is 32.0 Å². The number of rotatable bonds is 1. The number of fused-ring (bicyclic) bond motifs is 1.